The summed E-state index contributed by atoms with van der Waals surface area (Å²) in [7, 11) is 0. The molecule has 0 spiro atoms. The van der Waals surface area contributed by atoms with Crippen LogP contribution in [0.4, 0.5) is 4.79 Å². The largest absolute Gasteiger partial charge is 0.303 e. The van der Waals surface area contributed by atoms with Crippen molar-refractivity contribution in [2.24, 2.45) is 0 Å². The van der Waals surface area contributed by atoms with E-state index in [1.54, 1.807) is 6.20 Å². The highest BCUT2D eigenvalue weighted by Crippen LogP contribution is 2.35. The first kappa shape index (κ1) is 18.5. The van der Waals surface area contributed by atoms with E-state index in [4.69, 9.17) is 0 Å². The third-order valence-electron chi connectivity index (χ3n) is 4.74. The van der Waals surface area contributed by atoms with Crippen molar-refractivity contribution >= 4 is 29.0 Å². The number of hydrogen-bond donors (Lipinski definition) is 0. The summed E-state index contributed by atoms with van der Waals surface area (Å²) in [4.78, 5) is 31.1. The van der Waals surface area contributed by atoms with Gasteiger partial charge in [-0.05, 0) is 81.3 Å². The lowest BCUT2D eigenvalue weighted by atomic mass is 10.2. The van der Waals surface area contributed by atoms with E-state index in [1.807, 2.05) is 58.9 Å². The van der Waals surface area contributed by atoms with Crippen molar-refractivity contribution in [1.29, 1.82) is 0 Å². The lowest BCUT2D eigenvalue weighted by molar-refractivity contribution is -0.124. The maximum atomic E-state index is 12.6. The maximum absolute atomic E-state index is 12.6. The minimum atomic E-state index is -0.201. The van der Waals surface area contributed by atoms with Crippen molar-refractivity contribution in [2.45, 2.75) is 47.1 Å². The second-order valence-corrected chi connectivity index (χ2v) is 7.66. The van der Waals surface area contributed by atoms with Gasteiger partial charge in [0.15, 0.2) is 0 Å². The molecule has 0 aliphatic carbocycles. The SMILES string of the molecule is CC[C@H](C)N1C(=O)S/C(=C/c2cc(C)n(-c3cc(C)ccn3)c2C)C1=O. The van der Waals surface area contributed by atoms with Gasteiger partial charge < -0.3 is 4.57 Å². The first-order chi connectivity index (χ1) is 12.3. The molecule has 1 aliphatic rings. The number of aromatic nitrogens is 2. The zero-order chi connectivity index (χ0) is 19.0. The number of nitrogens with zero attached hydrogens (tertiary/aromatic N) is 3. The van der Waals surface area contributed by atoms with Gasteiger partial charge in [0.25, 0.3) is 11.1 Å². The predicted molar refractivity (Wildman–Crippen MR) is 105 cm³/mol. The van der Waals surface area contributed by atoms with Gasteiger partial charge >= 0.3 is 0 Å². The van der Waals surface area contributed by atoms with E-state index in [0.717, 1.165) is 46.5 Å². The van der Waals surface area contributed by atoms with Crippen LogP contribution in [0, 0.1) is 20.8 Å². The van der Waals surface area contributed by atoms with Crippen LogP contribution in [-0.2, 0) is 4.79 Å². The van der Waals surface area contributed by atoms with Gasteiger partial charge in [-0.2, -0.15) is 0 Å². The van der Waals surface area contributed by atoms with Crippen molar-refractivity contribution in [1.82, 2.24) is 14.5 Å². The molecule has 2 aromatic heterocycles. The molecule has 26 heavy (non-hydrogen) atoms. The molecular formula is C20H23N3O2S. The average molecular weight is 369 g/mol. The Morgan fingerprint density at radius 1 is 1.23 bits per heavy atom. The molecule has 3 heterocycles. The maximum Gasteiger partial charge on any atom is 0.293 e. The molecule has 0 N–H and O–H groups in total. The lowest BCUT2D eigenvalue weighted by Gasteiger charge is -2.19. The molecule has 2 amide bonds. The van der Waals surface area contributed by atoms with E-state index < -0.39 is 0 Å². The fraction of sp³-hybridized carbons (Fsp3) is 0.350. The second kappa shape index (κ2) is 7.11. The van der Waals surface area contributed by atoms with E-state index in [2.05, 4.69) is 9.55 Å². The van der Waals surface area contributed by atoms with Crippen LogP contribution in [-0.4, -0.2) is 31.6 Å². The number of thioether (sulfide) groups is 1. The van der Waals surface area contributed by atoms with E-state index >= 15 is 0 Å². The van der Waals surface area contributed by atoms with Crippen LogP contribution in [0.3, 0.4) is 0 Å². The smallest absolute Gasteiger partial charge is 0.293 e. The molecule has 1 saturated heterocycles. The molecule has 0 unspecified atom stereocenters. The molecule has 0 saturated carbocycles. The minimum absolute atomic E-state index is 0.0858. The molecular weight excluding hydrogens is 346 g/mol. The van der Waals surface area contributed by atoms with Gasteiger partial charge in [-0.25, -0.2) is 4.98 Å². The van der Waals surface area contributed by atoms with Gasteiger partial charge in [-0.3, -0.25) is 14.5 Å². The molecule has 136 valence electrons. The molecule has 2 aromatic rings. The van der Waals surface area contributed by atoms with E-state index in [9.17, 15) is 9.59 Å². The van der Waals surface area contributed by atoms with Gasteiger partial charge in [0.05, 0.1) is 4.91 Å². The van der Waals surface area contributed by atoms with Crippen molar-refractivity contribution in [2.75, 3.05) is 0 Å². The summed E-state index contributed by atoms with van der Waals surface area (Å²) in [6, 6.07) is 5.93. The monoisotopic (exact) mass is 369 g/mol. The molecule has 0 radical (unpaired) electrons. The van der Waals surface area contributed by atoms with Crippen LogP contribution in [0.1, 0.15) is 42.8 Å². The molecule has 5 nitrogen and oxygen atoms in total. The summed E-state index contributed by atoms with van der Waals surface area (Å²) in [6.07, 6.45) is 4.36. The Balaban J connectivity index is 1.99. The van der Waals surface area contributed by atoms with Crippen molar-refractivity contribution < 1.29 is 9.59 Å². The van der Waals surface area contributed by atoms with Crippen LogP contribution < -0.4 is 0 Å². The predicted octanol–water partition coefficient (Wildman–Crippen LogP) is 4.63. The van der Waals surface area contributed by atoms with E-state index in [-0.39, 0.29) is 17.2 Å². The number of pyridine rings is 1. The van der Waals surface area contributed by atoms with Crippen molar-refractivity contribution in [3.8, 4) is 5.82 Å². The Bertz CT molecular complexity index is 914. The number of amides is 2. The molecule has 0 bridgehead atoms. The molecule has 0 aromatic carbocycles. The number of carbonyl (C=O) groups excluding carboxylic acids is 2. The quantitative estimate of drug-likeness (QED) is 0.737. The van der Waals surface area contributed by atoms with E-state index in [1.165, 1.54) is 4.90 Å². The zero-order valence-corrected chi connectivity index (χ0v) is 16.6. The number of carbonyl (C=O) groups is 2. The standard InChI is InChI=1S/C20H23N3O2S/c1-6-13(3)23-19(24)17(26-20(23)25)11-16-10-14(4)22(15(16)5)18-9-12(2)7-8-21-18/h7-11,13H,6H2,1-5H3/b17-11+/t13-/m0/s1. The number of imide groups is 1. The zero-order valence-electron chi connectivity index (χ0n) is 15.7. The number of aryl methyl sites for hydroxylation is 2. The first-order valence-electron chi connectivity index (χ1n) is 8.72. The Hall–Kier alpha value is -2.34. The Labute approximate surface area is 158 Å². The summed E-state index contributed by atoms with van der Waals surface area (Å²) >= 11 is 1.02. The Kier molecular flexibility index (Phi) is 5.05. The summed E-state index contributed by atoms with van der Waals surface area (Å²) in [6.45, 7) is 9.92. The van der Waals surface area contributed by atoms with Gasteiger partial charge in [0.1, 0.15) is 5.82 Å². The summed E-state index contributed by atoms with van der Waals surface area (Å²) in [5, 5.41) is -0.190. The molecule has 6 heteroatoms. The van der Waals surface area contributed by atoms with Crippen LogP contribution in [0.25, 0.3) is 11.9 Å². The summed E-state index contributed by atoms with van der Waals surface area (Å²) in [5.74, 6) is 0.653. The van der Waals surface area contributed by atoms with Crippen LogP contribution >= 0.6 is 11.8 Å². The topological polar surface area (TPSA) is 55.2 Å². The van der Waals surface area contributed by atoms with Crippen LogP contribution in [0.15, 0.2) is 29.3 Å². The highest BCUT2D eigenvalue weighted by Gasteiger charge is 2.37. The number of hydrogen-bond acceptors (Lipinski definition) is 4. The Morgan fingerprint density at radius 2 is 1.96 bits per heavy atom. The normalized spacial score (nSPS) is 17.4. The molecule has 1 atom stereocenters. The third-order valence-corrected chi connectivity index (χ3v) is 5.63. The number of rotatable bonds is 4. The molecule has 3 rings (SSSR count). The lowest BCUT2D eigenvalue weighted by Crippen LogP contribution is -2.36. The fourth-order valence-corrected chi connectivity index (χ4v) is 4.03. The van der Waals surface area contributed by atoms with Crippen molar-refractivity contribution in [3.05, 3.63) is 51.8 Å². The highest BCUT2D eigenvalue weighted by molar-refractivity contribution is 8.18. The van der Waals surface area contributed by atoms with Gasteiger partial charge in [0, 0.05) is 23.6 Å². The first-order valence-corrected chi connectivity index (χ1v) is 9.54. The van der Waals surface area contributed by atoms with Gasteiger partial charge in [-0.15, -0.1) is 0 Å². The average Bonchev–Trinajstić information content (AvgIpc) is 3.03. The van der Waals surface area contributed by atoms with Gasteiger partial charge in [0.2, 0.25) is 0 Å². The van der Waals surface area contributed by atoms with Crippen LogP contribution in [0.2, 0.25) is 0 Å². The molecule has 1 aliphatic heterocycles. The molecule has 1 fully saturated rings. The van der Waals surface area contributed by atoms with Gasteiger partial charge in [-0.1, -0.05) is 6.92 Å². The third kappa shape index (κ3) is 3.21. The Morgan fingerprint density at radius 3 is 2.62 bits per heavy atom. The van der Waals surface area contributed by atoms with E-state index in [0.29, 0.717) is 4.91 Å². The minimum Gasteiger partial charge on any atom is -0.303 e. The second-order valence-electron chi connectivity index (χ2n) is 6.66. The summed E-state index contributed by atoms with van der Waals surface area (Å²) in [5.41, 5.74) is 4.10. The highest BCUT2D eigenvalue weighted by atomic mass is 32.2. The van der Waals surface area contributed by atoms with Crippen molar-refractivity contribution in [3.63, 3.8) is 0 Å². The van der Waals surface area contributed by atoms with Crippen LogP contribution in [0.5, 0.6) is 0 Å². The fourth-order valence-electron chi connectivity index (χ4n) is 3.11. The summed E-state index contributed by atoms with van der Waals surface area (Å²) < 4.78 is 2.07.